The maximum atomic E-state index is 11.2. The number of unbranched alkanes of at least 4 members (excludes halogenated alkanes) is 5. The van der Waals surface area contributed by atoms with Gasteiger partial charge in [-0.2, -0.15) is 0 Å². The molecule has 0 aromatic carbocycles. The van der Waals surface area contributed by atoms with Crippen molar-refractivity contribution in [2.75, 3.05) is 12.5 Å². The van der Waals surface area contributed by atoms with E-state index in [0.29, 0.717) is 6.61 Å². The standard InChI is InChI=1S/C12H20Cl2O3/c1-2-3-4-5-6-7-8-17-12(16)11(14)10(15)9-13/h11H,2-9H2,1H3. The number of ketones is 1. The van der Waals surface area contributed by atoms with Crippen LogP contribution in [0.2, 0.25) is 0 Å². The lowest BCUT2D eigenvalue weighted by atomic mass is 10.1. The zero-order chi connectivity index (χ0) is 13.1. The second-order valence-corrected chi connectivity index (χ2v) is 4.60. The Morgan fingerprint density at radius 1 is 1.12 bits per heavy atom. The van der Waals surface area contributed by atoms with Gasteiger partial charge in [0.2, 0.25) is 0 Å². The first-order chi connectivity index (χ1) is 8.13. The molecule has 0 rings (SSSR count). The average molecular weight is 283 g/mol. The summed E-state index contributed by atoms with van der Waals surface area (Å²) >= 11 is 10.8. The third-order valence-electron chi connectivity index (χ3n) is 2.36. The van der Waals surface area contributed by atoms with Crippen molar-refractivity contribution in [3.8, 4) is 0 Å². The summed E-state index contributed by atoms with van der Waals surface area (Å²) < 4.78 is 4.88. The Hall–Kier alpha value is -0.280. The monoisotopic (exact) mass is 282 g/mol. The van der Waals surface area contributed by atoms with Crippen LogP contribution in [0, 0.1) is 0 Å². The number of hydrogen-bond acceptors (Lipinski definition) is 3. The zero-order valence-corrected chi connectivity index (χ0v) is 11.7. The topological polar surface area (TPSA) is 43.4 Å². The lowest BCUT2D eigenvalue weighted by molar-refractivity contribution is -0.145. The Morgan fingerprint density at radius 2 is 1.71 bits per heavy atom. The van der Waals surface area contributed by atoms with Crippen LogP contribution in [0.1, 0.15) is 45.4 Å². The molecule has 0 bridgehead atoms. The van der Waals surface area contributed by atoms with E-state index in [1.807, 2.05) is 0 Å². The van der Waals surface area contributed by atoms with Gasteiger partial charge in [0.25, 0.3) is 0 Å². The van der Waals surface area contributed by atoms with Gasteiger partial charge in [0.1, 0.15) is 0 Å². The Kier molecular flexibility index (Phi) is 10.7. The van der Waals surface area contributed by atoms with E-state index in [4.69, 9.17) is 27.9 Å². The lowest BCUT2D eigenvalue weighted by Gasteiger charge is -2.07. The molecule has 0 aromatic heterocycles. The molecule has 1 atom stereocenters. The minimum absolute atomic E-state index is 0.264. The van der Waals surface area contributed by atoms with E-state index in [-0.39, 0.29) is 5.88 Å². The third kappa shape index (κ3) is 8.44. The van der Waals surface area contributed by atoms with Crippen LogP contribution < -0.4 is 0 Å². The Labute approximate surface area is 113 Å². The quantitative estimate of drug-likeness (QED) is 0.267. The van der Waals surface area contributed by atoms with E-state index < -0.39 is 17.1 Å². The molecule has 0 radical (unpaired) electrons. The SMILES string of the molecule is CCCCCCCCOC(=O)C(Cl)C(=O)CCl. The molecule has 0 amide bonds. The zero-order valence-electron chi connectivity index (χ0n) is 10.2. The van der Waals surface area contributed by atoms with E-state index in [1.54, 1.807) is 0 Å². The van der Waals surface area contributed by atoms with Gasteiger partial charge in [-0.25, -0.2) is 4.79 Å². The largest absolute Gasteiger partial charge is 0.464 e. The van der Waals surface area contributed by atoms with Crippen molar-refractivity contribution in [2.45, 2.75) is 50.8 Å². The maximum absolute atomic E-state index is 11.2. The van der Waals surface area contributed by atoms with Gasteiger partial charge in [-0.05, 0) is 6.42 Å². The smallest absolute Gasteiger partial charge is 0.331 e. The van der Waals surface area contributed by atoms with Gasteiger partial charge in [0.05, 0.1) is 12.5 Å². The Morgan fingerprint density at radius 3 is 2.29 bits per heavy atom. The molecule has 3 nitrogen and oxygen atoms in total. The van der Waals surface area contributed by atoms with Crippen LogP contribution in [0.4, 0.5) is 0 Å². The summed E-state index contributed by atoms with van der Waals surface area (Å²) in [4.78, 5) is 22.2. The Bertz CT molecular complexity index is 232. The average Bonchev–Trinajstić information content (AvgIpc) is 2.35. The van der Waals surface area contributed by atoms with Gasteiger partial charge in [-0.15, -0.1) is 23.2 Å². The number of halogens is 2. The predicted molar refractivity (Wildman–Crippen MR) is 69.7 cm³/mol. The highest BCUT2D eigenvalue weighted by atomic mass is 35.5. The lowest BCUT2D eigenvalue weighted by Crippen LogP contribution is -2.28. The molecule has 0 saturated heterocycles. The summed E-state index contributed by atoms with van der Waals surface area (Å²) in [6, 6.07) is 0. The van der Waals surface area contributed by atoms with E-state index in [0.717, 1.165) is 19.3 Å². The van der Waals surface area contributed by atoms with Crippen molar-refractivity contribution in [1.29, 1.82) is 0 Å². The molecule has 1 unspecified atom stereocenters. The summed E-state index contributed by atoms with van der Waals surface area (Å²) in [5.74, 6) is -1.47. The number of ether oxygens (including phenoxy) is 1. The second-order valence-electron chi connectivity index (χ2n) is 3.90. The summed E-state index contributed by atoms with van der Waals surface area (Å²) in [5, 5.41) is -1.26. The van der Waals surface area contributed by atoms with Crippen LogP contribution in [0.3, 0.4) is 0 Å². The second kappa shape index (κ2) is 10.8. The van der Waals surface area contributed by atoms with Crippen molar-refractivity contribution in [2.24, 2.45) is 0 Å². The molecular formula is C12H20Cl2O3. The molecular weight excluding hydrogens is 263 g/mol. The van der Waals surface area contributed by atoms with E-state index in [2.05, 4.69) is 6.92 Å². The van der Waals surface area contributed by atoms with Crippen molar-refractivity contribution < 1.29 is 14.3 Å². The molecule has 0 spiro atoms. The summed E-state index contributed by atoms with van der Waals surface area (Å²) in [6.45, 7) is 2.49. The van der Waals surface area contributed by atoms with Gasteiger partial charge in [0, 0.05) is 0 Å². The van der Waals surface area contributed by atoms with Gasteiger partial charge in [-0.3, -0.25) is 4.79 Å². The minimum Gasteiger partial charge on any atom is -0.464 e. The number of esters is 1. The van der Waals surface area contributed by atoms with Crippen LogP contribution >= 0.6 is 23.2 Å². The summed E-state index contributed by atoms with van der Waals surface area (Å²) in [7, 11) is 0. The molecule has 0 aliphatic rings. The van der Waals surface area contributed by atoms with Gasteiger partial charge >= 0.3 is 5.97 Å². The molecule has 17 heavy (non-hydrogen) atoms. The molecule has 0 aliphatic heterocycles. The van der Waals surface area contributed by atoms with Crippen molar-refractivity contribution >= 4 is 35.0 Å². The Balaban J connectivity index is 3.48. The molecule has 0 aromatic rings. The number of carbonyl (C=O) groups excluding carboxylic acids is 2. The highest BCUT2D eigenvalue weighted by Crippen LogP contribution is 2.07. The first-order valence-corrected chi connectivity index (χ1v) is 7.00. The fourth-order valence-corrected chi connectivity index (χ4v) is 1.70. The van der Waals surface area contributed by atoms with Crippen LogP contribution in [0.5, 0.6) is 0 Å². The minimum atomic E-state index is -1.26. The first kappa shape index (κ1) is 16.7. The van der Waals surface area contributed by atoms with Gasteiger partial charge in [-0.1, -0.05) is 39.0 Å². The number of hydrogen-bond donors (Lipinski definition) is 0. The maximum Gasteiger partial charge on any atom is 0.331 e. The van der Waals surface area contributed by atoms with E-state index in [9.17, 15) is 9.59 Å². The van der Waals surface area contributed by atoms with Crippen molar-refractivity contribution in [3.05, 3.63) is 0 Å². The molecule has 0 saturated carbocycles. The molecule has 100 valence electrons. The van der Waals surface area contributed by atoms with E-state index in [1.165, 1.54) is 19.3 Å². The van der Waals surface area contributed by atoms with Gasteiger partial charge in [0.15, 0.2) is 11.2 Å². The van der Waals surface area contributed by atoms with Crippen LogP contribution in [-0.2, 0) is 14.3 Å². The molecule has 0 fully saturated rings. The number of rotatable bonds is 10. The molecule has 0 aliphatic carbocycles. The normalized spacial score (nSPS) is 12.2. The molecule has 5 heteroatoms. The van der Waals surface area contributed by atoms with E-state index >= 15 is 0 Å². The van der Waals surface area contributed by atoms with Crippen molar-refractivity contribution in [3.63, 3.8) is 0 Å². The third-order valence-corrected chi connectivity index (χ3v) is 3.05. The van der Waals surface area contributed by atoms with Crippen LogP contribution in [-0.4, -0.2) is 29.6 Å². The predicted octanol–water partition coefficient (Wildman–Crippen LogP) is 3.31. The van der Waals surface area contributed by atoms with Crippen molar-refractivity contribution in [1.82, 2.24) is 0 Å². The first-order valence-electron chi connectivity index (χ1n) is 6.02. The highest BCUT2D eigenvalue weighted by molar-refractivity contribution is 6.45. The highest BCUT2D eigenvalue weighted by Gasteiger charge is 2.24. The fraction of sp³-hybridized carbons (Fsp3) is 0.833. The molecule has 0 heterocycles. The summed E-state index contributed by atoms with van der Waals surface area (Å²) in [5.41, 5.74) is 0. The number of Topliss-reactive ketones (excluding diaryl/α,β-unsaturated/α-hetero) is 1. The van der Waals surface area contributed by atoms with Gasteiger partial charge < -0.3 is 4.74 Å². The van der Waals surface area contributed by atoms with Crippen LogP contribution in [0.15, 0.2) is 0 Å². The number of alkyl halides is 2. The molecule has 0 N–H and O–H groups in total. The fourth-order valence-electron chi connectivity index (χ4n) is 1.33. The van der Waals surface area contributed by atoms with Crippen LogP contribution in [0.25, 0.3) is 0 Å². The number of carbonyl (C=O) groups is 2. The summed E-state index contributed by atoms with van der Waals surface area (Å²) in [6.07, 6.45) is 6.67.